The van der Waals surface area contributed by atoms with E-state index in [0.29, 0.717) is 5.57 Å². The smallest absolute Gasteiger partial charge is 0.352 e. The van der Waals surface area contributed by atoms with E-state index in [1.807, 2.05) is 0 Å². The summed E-state index contributed by atoms with van der Waals surface area (Å²) in [6, 6.07) is -1.01. The van der Waals surface area contributed by atoms with Crippen LogP contribution in [-0.2, 0) is 28.8 Å². The molecule has 2 aliphatic heterocycles. The second-order valence-corrected chi connectivity index (χ2v) is 8.44. The van der Waals surface area contributed by atoms with Gasteiger partial charge in [0, 0.05) is 16.7 Å². The van der Waals surface area contributed by atoms with Gasteiger partial charge in [0.1, 0.15) is 22.8 Å². The number of nitrogen functional groups attached to an aromatic ring is 1. The molecule has 1 aromatic heterocycles. The number of halogens is 1. The first-order valence-corrected chi connectivity index (χ1v) is 11.1. The predicted octanol–water partition coefficient (Wildman–Crippen LogP) is 0.110. The molecule has 3 rings (SSSR count). The third-order valence-electron chi connectivity index (χ3n) is 4.30. The van der Waals surface area contributed by atoms with Gasteiger partial charge in [0.15, 0.2) is 10.8 Å². The van der Waals surface area contributed by atoms with Crippen molar-refractivity contribution >= 4 is 69.3 Å². The zero-order valence-electron chi connectivity index (χ0n) is 16.3. The lowest BCUT2D eigenvalue weighted by molar-refractivity contribution is -0.150. The molecular weight excluding hydrogens is 486 g/mol. The summed E-state index contributed by atoms with van der Waals surface area (Å²) >= 11 is 7.88. The van der Waals surface area contributed by atoms with Gasteiger partial charge in [-0.15, -0.1) is 23.1 Å². The summed E-state index contributed by atoms with van der Waals surface area (Å²) < 4.78 is 4.44. The molecule has 2 amide bonds. The number of carbonyl (C=O) groups is 4. The third-order valence-corrected chi connectivity index (χ3v) is 6.40. The van der Waals surface area contributed by atoms with Crippen molar-refractivity contribution in [1.82, 2.24) is 15.2 Å². The average Bonchev–Trinajstić information content (AvgIpc) is 3.20. The zero-order valence-corrected chi connectivity index (χ0v) is 18.7. The highest BCUT2D eigenvalue weighted by molar-refractivity contribution is 8.00. The molecule has 0 spiro atoms. The maximum Gasteiger partial charge on any atom is 0.352 e. The Labute approximate surface area is 194 Å². The number of allylic oxidation sites excluding steroid dienone is 1. The highest BCUT2D eigenvalue weighted by Gasteiger charge is 2.54. The lowest BCUT2D eigenvalue weighted by Gasteiger charge is -2.49. The van der Waals surface area contributed by atoms with Gasteiger partial charge in [0.25, 0.3) is 11.8 Å². The maximum atomic E-state index is 12.9. The van der Waals surface area contributed by atoms with E-state index in [4.69, 9.17) is 22.2 Å². The van der Waals surface area contributed by atoms with Crippen LogP contribution in [-0.4, -0.2) is 75.3 Å². The first-order chi connectivity index (χ1) is 15.3. The number of β-lactam (4-membered cyclic amide) rings is 1. The van der Waals surface area contributed by atoms with Gasteiger partial charge >= 0.3 is 11.9 Å². The molecule has 12 nitrogen and oxygen atoms in total. The quantitative estimate of drug-likeness (QED) is 0.192. The molecule has 0 aromatic carbocycles. The summed E-state index contributed by atoms with van der Waals surface area (Å²) in [5.74, 6) is -3.15. The van der Waals surface area contributed by atoms with Gasteiger partial charge in [0.2, 0.25) is 6.61 Å². The van der Waals surface area contributed by atoms with E-state index in [1.54, 1.807) is 0 Å². The Balaban J connectivity index is 1.79. The van der Waals surface area contributed by atoms with E-state index in [0.717, 1.165) is 23.3 Å². The second kappa shape index (κ2) is 10.0. The Bertz CT molecular complexity index is 1050. The number of thiazole rings is 1. The minimum Gasteiger partial charge on any atom is -0.477 e. The van der Waals surface area contributed by atoms with Crippen LogP contribution in [0.2, 0.25) is 0 Å². The first kappa shape index (κ1) is 23.6. The molecule has 32 heavy (non-hydrogen) atoms. The number of ether oxygens (including phenoxy) is 1. The van der Waals surface area contributed by atoms with Gasteiger partial charge < -0.3 is 25.7 Å². The molecule has 0 bridgehead atoms. The molecule has 170 valence electrons. The van der Waals surface area contributed by atoms with Crippen molar-refractivity contribution in [1.29, 1.82) is 0 Å². The van der Waals surface area contributed by atoms with Crippen molar-refractivity contribution in [3.63, 3.8) is 0 Å². The number of anilines is 1. The zero-order chi connectivity index (χ0) is 23.4. The topological polar surface area (TPSA) is 174 Å². The summed E-state index contributed by atoms with van der Waals surface area (Å²) in [5.41, 5.74) is 6.73. The number of nitrogens with zero attached hydrogens (tertiary/aromatic N) is 3. The summed E-state index contributed by atoms with van der Waals surface area (Å²) in [5, 5.41) is 16.7. The molecule has 0 saturated carbocycles. The van der Waals surface area contributed by atoms with E-state index in [-0.39, 0.29) is 28.0 Å². The number of amides is 2. The van der Waals surface area contributed by atoms with E-state index < -0.39 is 41.8 Å². The highest BCUT2D eigenvalue weighted by atomic mass is 35.5. The molecule has 4 N–H and O–H groups in total. The number of rotatable bonds is 8. The number of methoxy groups -OCH3 is 1. The Morgan fingerprint density at radius 2 is 2.25 bits per heavy atom. The molecule has 0 radical (unpaired) electrons. The molecule has 15 heteroatoms. The molecule has 1 unspecified atom stereocenters. The Morgan fingerprint density at radius 1 is 1.50 bits per heavy atom. The molecule has 1 aromatic rings. The number of thioether (sulfide) groups is 1. The summed E-state index contributed by atoms with van der Waals surface area (Å²) in [6.07, 6.45) is 1.41. The van der Waals surface area contributed by atoms with Crippen LogP contribution >= 0.6 is 34.7 Å². The minimum absolute atomic E-state index is 0.0791. The van der Waals surface area contributed by atoms with Crippen LogP contribution in [0.1, 0.15) is 5.69 Å². The van der Waals surface area contributed by atoms with Crippen LogP contribution in [0.5, 0.6) is 0 Å². The van der Waals surface area contributed by atoms with Crippen molar-refractivity contribution < 1.29 is 33.9 Å². The lowest BCUT2D eigenvalue weighted by atomic mass is 10.0. The summed E-state index contributed by atoms with van der Waals surface area (Å²) in [6.45, 7) is -0.550. The average molecular weight is 502 g/mol. The third kappa shape index (κ3) is 4.71. The van der Waals surface area contributed by atoms with E-state index in [2.05, 4.69) is 20.2 Å². The number of aliphatic carboxylic acids is 1. The van der Waals surface area contributed by atoms with E-state index in [1.165, 1.54) is 28.8 Å². The number of carboxylic acid groups (broad SMARTS) is 1. The number of carbonyl (C=O) groups excluding carboxylic acids is 3. The van der Waals surface area contributed by atoms with E-state index >= 15 is 0 Å². The van der Waals surface area contributed by atoms with Crippen molar-refractivity contribution in [2.24, 2.45) is 5.16 Å². The molecule has 3 heterocycles. The number of oxime groups is 1. The number of nitrogens with two attached hydrogens (primary N) is 1. The van der Waals surface area contributed by atoms with Crippen LogP contribution in [0, 0.1) is 0 Å². The number of fused-ring (bicyclic) bond motifs is 1. The van der Waals surface area contributed by atoms with Crippen molar-refractivity contribution in [3.8, 4) is 0 Å². The monoisotopic (exact) mass is 501 g/mol. The summed E-state index contributed by atoms with van der Waals surface area (Å²) in [7, 11) is 1.16. The van der Waals surface area contributed by atoms with Gasteiger partial charge in [-0.3, -0.25) is 14.5 Å². The number of esters is 1. The number of hydrogen-bond acceptors (Lipinski definition) is 11. The fourth-order valence-corrected chi connectivity index (χ4v) is 4.88. The van der Waals surface area contributed by atoms with Crippen LogP contribution in [0.25, 0.3) is 0 Å². The first-order valence-electron chi connectivity index (χ1n) is 8.75. The van der Waals surface area contributed by atoms with Crippen molar-refractivity contribution in [2.45, 2.75) is 11.4 Å². The van der Waals surface area contributed by atoms with Crippen molar-refractivity contribution in [3.05, 3.63) is 34.0 Å². The van der Waals surface area contributed by atoms with Gasteiger partial charge in [-0.25, -0.2) is 14.6 Å². The predicted molar refractivity (Wildman–Crippen MR) is 116 cm³/mol. The molecular formula is C17H16ClN5O7S2. The SMILES string of the molecule is COC(=O)CON=C(C(=O)NC1C(=O)N2C(C(=O)O)=C(/C=C/Cl)CS[C@@H]12)c1csc(N)n1. The molecule has 0 aliphatic carbocycles. The van der Waals surface area contributed by atoms with Gasteiger partial charge in [-0.05, 0) is 11.6 Å². The minimum atomic E-state index is -1.28. The second-order valence-electron chi connectivity index (χ2n) is 6.19. The molecule has 2 atom stereocenters. The normalized spacial score (nSPS) is 20.6. The fourth-order valence-electron chi connectivity index (χ4n) is 2.87. The molecule has 1 saturated heterocycles. The van der Waals surface area contributed by atoms with Crippen LogP contribution in [0.3, 0.4) is 0 Å². The van der Waals surface area contributed by atoms with Crippen LogP contribution in [0.15, 0.2) is 33.4 Å². The van der Waals surface area contributed by atoms with Gasteiger partial charge in [-0.2, -0.15) is 0 Å². The number of nitrogens with one attached hydrogen (secondary N) is 1. The Hall–Kier alpha value is -3.10. The van der Waals surface area contributed by atoms with Gasteiger partial charge in [0.05, 0.1) is 7.11 Å². The van der Waals surface area contributed by atoms with Crippen molar-refractivity contribution in [2.75, 3.05) is 25.2 Å². The Kier molecular flexibility index (Phi) is 7.37. The van der Waals surface area contributed by atoms with Crippen LogP contribution < -0.4 is 11.1 Å². The van der Waals surface area contributed by atoms with E-state index in [9.17, 15) is 24.3 Å². The summed E-state index contributed by atoms with van der Waals surface area (Å²) in [4.78, 5) is 58.4. The number of hydrogen-bond donors (Lipinski definition) is 3. The highest BCUT2D eigenvalue weighted by Crippen LogP contribution is 2.40. The van der Waals surface area contributed by atoms with Crippen LogP contribution in [0.4, 0.5) is 5.13 Å². The molecule has 1 fully saturated rings. The Morgan fingerprint density at radius 3 is 2.84 bits per heavy atom. The van der Waals surface area contributed by atoms with Gasteiger partial charge in [-0.1, -0.05) is 16.8 Å². The standard InChI is InChI=1S/C17H16ClN5O7S2/c1-29-9(24)4-30-22-10(8-6-32-17(19)20-8)13(25)21-11-14(26)23-12(16(27)28)7(2-3-18)5-31-15(11)23/h2-3,6,11,15H,4-5H2,1H3,(H2,19,20)(H,21,25)(H,27,28)/b3-2+,22-10?/t11?,15-/m0/s1. The fraction of sp³-hybridized carbons (Fsp3) is 0.294. The number of aromatic nitrogens is 1. The largest absolute Gasteiger partial charge is 0.477 e. The molecule has 2 aliphatic rings. The maximum absolute atomic E-state index is 12.9. The lowest BCUT2D eigenvalue weighted by Crippen LogP contribution is -2.71. The number of carboxylic acids is 1.